The topological polar surface area (TPSA) is 0 Å². The number of rotatable bonds is 4. The molecule has 0 saturated carbocycles. The van der Waals surface area contributed by atoms with Crippen molar-refractivity contribution in [2.45, 2.75) is 13.1 Å². The highest BCUT2D eigenvalue weighted by Crippen LogP contribution is 2.57. The molecule has 3 heterocycles. The van der Waals surface area contributed by atoms with Gasteiger partial charge in [0.1, 0.15) is 8.07 Å². The van der Waals surface area contributed by atoms with Crippen LogP contribution >= 0.6 is 54.5 Å². The quantitative estimate of drug-likeness (QED) is 0.210. The van der Waals surface area contributed by atoms with Crippen molar-refractivity contribution in [3.05, 3.63) is 113 Å². The summed E-state index contributed by atoms with van der Waals surface area (Å²) >= 11 is 11.1. The maximum atomic E-state index is 3.71. The molecule has 1 aliphatic rings. The van der Waals surface area contributed by atoms with Crippen LogP contribution in [0.2, 0.25) is 13.1 Å². The van der Waals surface area contributed by atoms with Crippen LogP contribution in [0.3, 0.4) is 0 Å². The summed E-state index contributed by atoms with van der Waals surface area (Å²) in [5.41, 5.74) is 5.40. The van der Waals surface area contributed by atoms with Crippen molar-refractivity contribution in [2.75, 3.05) is 0 Å². The fourth-order valence-corrected chi connectivity index (χ4v) is 12.5. The monoisotopic (exact) mass is 582 g/mol. The average molecular weight is 584 g/mol. The molecule has 5 rings (SSSR count). The zero-order chi connectivity index (χ0) is 21.6. The second kappa shape index (κ2) is 8.45. The smallest absolute Gasteiger partial charge is 0.117 e. The molecule has 2 aromatic carbocycles. The largest absolute Gasteiger partial charge is 0.129 e. The molecule has 0 aliphatic carbocycles. The van der Waals surface area contributed by atoms with Gasteiger partial charge in [-0.05, 0) is 88.8 Å². The molecule has 0 nitrogen and oxygen atoms in total. The number of halogens is 2. The summed E-state index contributed by atoms with van der Waals surface area (Å²) in [6, 6.07) is 30.8. The minimum atomic E-state index is -2.01. The Morgan fingerprint density at radius 1 is 0.548 bits per heavy atom. The standard InChI is InChI=1S/C26H20Br2S2Si/c1-31(2)25(19-13-15-21(27)29-19)23(17-9-5-3-6-10-17)24(18-11-7-4-8-12-18)26(31)20-14-16-22(28)30-20/h3-16H,1-2H3. The number of hydrogen-bond donors (Lipinski definition) is 0. The van der Waals surface area contributed by atoms with Crippen LogP contribution < -0.4 is 0 Å². The van der Waals surface area contributed by atoms with E-state index in [4.69, 9.17) is 0 Å². The summed E-state index contributed by atoms with van der Waals surface area (Å²) < 4.78 is 2.36. The van der Waals surface area contributed by atoms with Gasteiger partial charge in [0, 0.05) is 9.75 Å². The van der Waals surface area contributed by atoms with Gasteiger partial charge in [0.2, 0.25) is 0 Å². The molecule has 0 atom stereocenters. The average Bonchev–Trinajstić information content (AvgIpc) is 3.44. The molecule has 0 radical (unpaired) electrons. The molecule has 0 bridgehead atoms. The zero-order valence-electron chi connectivity index (χ0n) is 17.2. The predicted molar refractivity (Wildman–Crippen MR) is 148 cm³/mol. The fourth-order valence-electron chi connectivity index (χ4n) is 4.55. The van der Waals surface area contributed by atoms with Crippen molar-refractivity contribution in [1.29, 1.82) is 0 Å². The maximum Gasteiger partial charge on any atom is 0.117 e. The summed E-state index contributed by atoms with van der Waals surface area (Å²) in [5.74, 6) is 0. The summed E-state index contributed by atoms with van der Waals surface area (Å²) in [6.07, 6.45) is 0. The van der Waals surface area contributed by atoms with Crippen molar-refractivity contribution >= 4 is 84.1 Å². The highest BCUT2D eigenvalue weighted by Gasteiger charge is 2.44. The van der Waals surface area contributed by atoms with Crippen LogP contribution in [0.15, 0.2) is 92.5 Å². The molecule has 0 saturated heterocycles. The van der Waals surface area contributed by atoms with Crippen LogP contribution in [-0.4, -0.2) is 8.07 Å². The third-order valence-electron chi connectivity index (χ3n) is 5.76. The molecular formula is C26H20Br2S2Si. The van der Waals surface area contributed by atoms with Gasteiger partial charge in [-0.1, -0.05) is 73.8 Å². The van der Waals surface area contributed by atoms with Crippen LogP contribution in [0.25, 0.3) is 21.5 Å². The normalized spacial score (nSPS) is 15.7. The lowest BCUT2D eigenvalue weighted by molar-refractivity contribution is 1.60. The Bertz CT molecular complexity index is 1210. The Morgan fingerprint density at radius 3 is 1.26 bits per heavy atom. The van der Waals surface area contributed by atoms with Crippen molar-refractivity contribution < 1.29 is 0 Å². The first-order valence-electron chi connectivity index (χ1n) is 10.1. The molecule has 4 aromatic rings. The molecule has 1 aliphatic heterocycles. The van der Waals surface area contributed by atoms with Crippen LogP contribution in [0.4, 0.5) is 0 Å². The lowest BCUT2D eigenvalue weighted by Crippen LogP contribution is -2.27. The van der Waals surface area contributed by atoms with E-state index < -0.39 is 8.07 Å². The third kappa shape index (κ3) is 3.81. The Kier molecular flexibility index (Phi) is 5.82. The first kappa shape index (κ1) is 21.3. The molecule has 0 amide bonds. The van der Waals surface area contributed by atoms with Gasteiger partial charge in [-0.25, -0.2) is 0 Å². The zero-order valence-corrected chi connectivity index (χ0v) is 23.0. The Labute approximate surface area is 209 Å². The molecule has 0 unspecified atom stereocenters. The van der Waals surface area contributed by atoms with E-state index in [0.717, 1.165) is 0 Å². The van der Waals surface area contributed by atoms with Gasteiger partial charge >= 0.3 is 0 Å². The van der Waals surface area contributed by atoms with Crippen LogP contribution in [0.5, 0.6) is 0 Å². The maximum absolute atomic E-state index is 3.71. The van der Waals surface area contributed by atoms with E-state index in [-0.39, 0.29) is 0 Å². The molecule has 31 heavy (non-hydrogen) atoms. The number of thiophene rings is 2. The summed E-state index contributed by atoms with van der Waals surface area (Å²) in [5, 5.41) is 3.07. The van der Waals surface area contributed by atoms with Crippen molar-refractivity contribution in [3.8, 4) is 0 Å². The predicted octanol–water partition coefficient (Wildman–Crippen LogP) is 9.66. The minimum absolute atomic E-state index is 1.18. The van der Waals surface area contributed by atoms with Gasteiger partial charge in [-0.2, -0.15) is 0 Å². The van der Waals surface area contributed by atoms with E-state index in [1.165, 1.54) is 50.0 Å². The minimum Gasteiger partial charge on any atom is -0.129 e. The molecule has 0 N–H and O–H groups in total. The first-order valence-corrected chi connectivity index (χ1v) is 16.3. The van der Waals surface area contributed by atoms with Gasteiger partial charge in [0.15, 0.2) is 0 Å². The fraction of sp³-hybridized carbons (Fsp3) is 0.0769. The Morgan fingerprint density at radius 2 is 0.935 bits per heavy atom. The first-order chi connectivity index (χ1) is 15.0. The van der Waals surface area contributed by atoms with Crippen LogP contribution in [0, 0.1) is 0 Å². The van der Waals surface area contributed by atoms with Gasteiger partial charge in [0.05, 0.1) is 7.57 Å². The molecule has 2 aromatic heterocycles. The van der Waals surface area contributed by atoms with E-state index in [0.29, 0.717) is 0 Å². The number of hydrogen-bond acceptors (Lipinski definition) is 2. The van der Waals surface area contributed by atoms with E-state index in [2.05, 4.69) is 130 Å². The number of benzene rings is 2. The van der Waals surface area contributed by atoms with Crippen LogP contribution in [0.1, 0.15) is 20.9 Å². The molecule has 0 spiro atoms. The highest BCUT2D eigenvalue weighted by molar-refractivity contribution is 9.11. The van der Waals surface area contributed by atoms with Gasteiger partial charge in [0.25, 0.3) is 0 Å². The van der Waals surface area contributed by atoms with Crippen LogP contribution in [-0.2, 0) is 0 Å². The molecular weight excluding hydrogens is 564 g/mol. The Balaban J connectivity index is 1.91. The molecule has 5 heteroatoms. The van der Waals surface area contributed by atoms with Gasteiger partial charge in [-0.15, -0.1) is 22.7 Å². The summed E-state index contributed by atoms with van der Waals surface area (Å²) in [7, 11) is -2.01. The van der Waals surface area contributed by atoms with Gasteiger partial charge < -0.3 is 0 Å². The Hall–Kier alpha value is -1.50. The second-order valence-corrected chi connectivity index (χ2v) is 17.2. The summed E-state index contributed by atoms with van der Waals surface area (Å²) in [6.45, 7) is 5.02. The molecule has 154 valence electrons. The van der Waals surface area contributed by atoms with E-state index in [1.54, 1.807) is 0 Å². The van der Waals surface area contributed by atoms with E-state index >= 15 is 0 Å². The molecule has 0 fully saturated rings. The SMILES string of the molecule is C[Si]1(C)C(c2ccc(Br)s2)=C(c2ccccc2)C(c2ccccc2)=C1c1ccc(Br)s1. The lowest BCUT2D eigenvalue weighted by atomic mass is 9.91. The van der Waals surface area contributed by atoms with Crippen molar-refractivity contribution in [1.82, 2.24) is 0 Å². The third-order valence-corrected chi connectivity index (χ3v) is 12.9. The van der Waals surface area contributed by atoms with E-state index in [9.17, 15) is 0 Å². The lowest BCUT2D eigenvalue weighted by Gasteiger charge is -2.24. The van der Waals surface area contributed by atoms with Gasteiger partial charge in [-0.3, -0.25) is 0 Å². The van der Waals surface area contributed by atoms with E-state index in [1.807, 2.05) is 22.7 Å². The summed E-state index contributed by atoms with van der Waals surface area (Å²) in [4.78, 5) is 2.75. The van der Waals surface area contributed by atoms with Crippen molar-refractivity contribution in [2.24, 2.45) is 0 Å². The highest BCUT2D eigenvalue weighted by atomic mass is 79.9. The number of allylic oxidation sites excluding steroid dienone is 2. The second-order valence-electron chi connectivity index (χ2n) is 8.06. The van der Waals surface area contributed by atoms with Crippen molar-refractivity contribution in [3.63, 3.8) is 0 Å².